The first-order valence-corrected chi connectivity index (χ1v) is 17.9. The summed E-state index contributed by atoms with van der Waals surface area (Å²) in [6, 6.07) is 13.4. The molecule has 2 amide bonds. The largest absolute Gasteiger partial charge is 0.390 e. The fourth-order valence-electron chi connectivity index (χ4n) is 7.53. The van der Waals surface area contributed by atoms with Gasteiger partial charge in [-0.25, -0.2) is 0 Å². The summed E-state index contributed by atoms with van der Waals surface area (Å²) in [7, 11) is 0. The lowest BCUT2D eigenvalue weighted by Crippen LogP contribution is -2.49. The summed E-state index contributed by atoms with van der Waals surface area (Å²) in [6.07, 6.45) is 9.24. The van der Waals surface area contributed by atoms with Crippen LogP contribution in [0.1, 0.15) is 109 Å². The second kappa shape index (κ2) is 13.8. The summed E-state index contributed by atoms with van der Waals surface area (Å²) in [6.45, 7) is 7.61. The van der Waals surface area contributed by atoms with Crippen LogP contribution in [-0.4, -0.2) is 46.7 Å². The first-order valence-electron chi connectivity index (χ1n) is 17.1. The molecule has 1 aliphatic heterocycles. The van der Waals surface area contributed by atoms with Crippen LogP contribution in [0.25, 0.3) is 0 Å². The van der Waals surface area contributed by atoms with Crippen LogP contribution < -0.4 is 21.1 Å². The van der Waals surface area contributed by atoms with Crippen LogP contribution in [0.2, 0.25) is 0 Å². The Kier molecular flexibility index (Phi) is 9.83. The molecule has 0 radical (unpaired) electrons. The molecule has 0 bridgehead atoms. The average molecular weight is 645 g/mol. The van der Waals surface area contributed by atoms with Crippen molar-refractivity contribution in [3.05, 3.63) is 85.5 Å². The maximum atomic E-state index is 14.0. The molecule has 0 unspecified atom stereocenters. The van der Waals surface area contributed by atoms with Gasteiger partial charge in [0, 0.05) is 47.5 Å². The fourth-order valence-corrected chi connectivity index (χ4v) is 8.96. The van der Waals surface area contributed by atoms with Crippen LogP contribution in [0.3, 0.4) is 0 Å². The number of pyridine rings is 1. The lowest BCUT2D eigenvalue weighted by Gasteiger charge is -2.36. The molecule has 8 nitrogen and oxygen atoms in total. The highest BCUT2D eigenvalue weighted by Gasteiger charge is 2.35. The summed E-state index contributed by atoms with van der Waals surface area (Å²) in [5.41, 5.74) is 2.91. The third kappa shape index (κ3) is 7.16. The lowest BCUT2D eigenvalue weighted by molar-refractivity contribution is -0.117. The molecule has 246 valence electrons. The second-order valence-electron chi connectivity index (χ2n) is 14.2. The van der Waals surface area contributed by atoms with E-state index in [-0.39, 0.29) is 40.6 Å². The molecule has 2 aliphatic carbocycles. The van der Waals surface area contributed by atoms with Crippen LogP contribution >= 0.6 is 11.3 Å². The molecule has 46 heavy (non-hydrogen) atoms. The second-order valence-corrected chi connectivity index (χ2v) is 15.4. The van der Waals surface area contributed by atoms with E-state index in [2.05, 4.69) is 37.5 Å². The number of fused-ring (bicyclic) bond motifs is 1. The van der Waals surface area contributed by atoms with Crippen molar-refractivity contribution in [2.45, 2.75) is 109 Å². The third-order valence-electron chi connectivity index (χ3n) is 10.0. The van der Waals surface area contributed by atoms with Crippen LogP contribution in [0.4, 0.5) is 5.69 Å². The van der Waals surface area contributed by atoms with Gasteiger partial charge in [-0.15, -0.1) is 11.3 Å². The third-order valence-corrected chi connectivity index (χ3v) is 11.3. The average Bonchev–Trinajstić information content (AvgIpc) is 3.81. The smallest absolute Gasteiger partial charge is 0.274 e. The number of aryl methyl sites for hydroxylation is 1. The predicted octanol–water partition coefficient (Wildman–Crippen LogP) is 5.72. The molecule has 1 saturated carbocycles. The molecule has 0 spiro atoms. The minimum atomic E-state index is -0.859. The van der Waals surface area contributed by atoms with E-state index in [1.165, 1.54) is 15.3 Å². The Labute approximate surface area is 276 Å². The first kappa shape index (κ1) is 32.7. The monoisotopic (exact) mass is 644 g/mol. The van der Waals surface area contributed by atoms with Gasteiger partial charge in [-0.2, -0.15) is 0 Å². The lowest BCUT2D eigenvalue weighted by atomic mass is 9.75. The van der Waals surface area contributed by atoms with Crippen molar-refractivity contribution in [2.24, 2.45) is 5.41 Å². The Morgan fingerprint density at radius 2 is 1.87 bits per heavy atom. The molecule has 9 heteroatoms. The van der Waals surface area contributed by atoms with Crippen LogP contribution in [-0.2, 0) is 24.1 Å². The number of thiophene rings is 1. The van der Waals surface area contributed by atoms with Gasteiger partial charge in [-0.3, -0.25) is 14.4 Å². The number of amides is 2. The first-order chi connectivity index (χ1) is 22.1. The minimum absolute atomic E-state index is 0.0153. The SMILES string of the molecule is CCc1cc2c(s1)CC(C)(C)C[C@@H]2NC[C@H](O)[C@H](Cc1ccccc1)NC(=O)c1cc(N2CCCC2=O)c(=O)n(C2CCCC2)c1. The number of nitrogens with zero attached hydrogens (tertiary/aromatic N) is 2. The molecule has 2 fully saturated rings. The van der Waals surface area contributed by atoms with E-state index in [9.17, 15) is 19.5 Å². The number of rotatable bonds is 11. The van der Waals surface area contributed by atoms with Crippen molar-refractivity contribution in [2.75, 3.05) is 18.0 Å². The molecule has 3 aromatic rings. The van der Waals surface area contributed by atoms with Crippen molar-refractivity contribution in [3.8, 4) is 0 Å². The number of aliphatic hydroxyl groups excluding tert-OH is 1. The summed E-state index contributed by atoms with van der Waals surface area (Å²) in [4.78, 5) is 44.7. The zero-order valence-corrected chi connectivity index (χ0v) is 28.2. The van der Waals surface area contributed by atoms with E-state index < -0.39 is 12.1 Å². The number of benzene rings is 1. The van der Waals surface area contributed by atoms with Crippen LogP contribution in [0.15, 0.2) is 53.5 Å². The molecular formula is C37H48N4O4S. The van der Waals surface area contributed by atoms with Crippen LogP contribution in [0, 0.1) is 5.41 Å². The van der Waals surface area contributed by atoms with E-state index in [1.807, 2.05) is 41.7 Å². The van der Waals surface area contributed by atoms with Crippen molar-refractivity contribution in [1.82, 2.24) is 15.2 Å². The molecule has 2 aromatic heterocycles. The van der Waals surface area contributed by atoms with Crippen molar-refractivity contribution >= 4 is 28.8 Å². The fraction of sp³-hybridized carbons (Fsp3) is 0.541. The van der Waals surface area contributed by atoms with E-state index in [4.69, 9.17) is 0 Å². The van der Waals surface area contributed by atoms with Gasteiger partial charge in [-0.1, -0.05) is 63.9 Å². The van der Waals surface area contributed by atoms with E-state index >= 15 is 0 Å². The number of carbonyl (C=O) groups excluding carboxylic acids is 2. The van der Waals surface area contributed by atoms with Crippen molar-refractivity contribution in [1.29, 1.82) is 0 Å². The van der Waals surface area contributed by atoms with E-state index in [0.717, 1.165) is 50.5 Å². The number of hydrogen-bond acceptors (Lipinski definition) is 6. The maximum absolute atomic E-state index is 14.0. The van der Waals surface area contributed by atoms with Gasteiger partial charge in [0.1, 0.15) is 5.69 Å². The standard InChI is InChI=1S/C37H48N4O4S/c1-4-27-19-28-30(20-37(2,3)21-33(28)46-27)38-22-32(42)29(17-24-11-6-5-7-12-24)39-35(44)25-18-31(40-16-10-15-34(40)43)36(45)41(23-25)26-13-8-9-14-26/h5-7,11-12,18-19,23,26,29-30,32,38,42H,4,8-10,13-17,20-22H2,1-3H3,(H,39,44)/t29-,30-,32-/m0/s1. The molecule has 3 aliphatic rings. The van der Waals surface area contributed by atoms with Crippen LogP contribution in [0.5, 0.6) is 0 Å². The molecule has 1 aromatic carbocycles. The van der Waals surface area contributed by atoms with E-state index in [0.29, 0.717) is 37.9 Å². The number of hydrogen-bond donors (Lipinski definition) is 3. The molecule has 1 saturated heterocycles. The Morgan fingerprint density at radius 3 is 2.57 bits per heavy atom. The quantitative estimate of drug-likeness (QED) is 0.248. The summed E-state index contributed by atoms with van der Waals surface area (Å²) >= 11 is 1.90. The predicted molar refractivity (Wildman–Crippen MR) is 184 cm³/mol. The van der Waals surface area contributed by atoms with Gasteiger partial charge in [0.2, 0.25) is 5.91 Å². The minimum Gasteiger partial charge on any atom is -0.390 e. The maximum Gasteiger partial charge on any atom is 0.274 e. The normalized spacial score (nSPS) is 20.9. The van der Waals surface area contributed by atoms with Gasteiger partial charge in [0.05, 0.1) is 17.7 Å². The highest BCUT2D eigenvalue weighted by molar-refractivity contribution is 7.12. The van der Waals surface area contributed by atoms with Crippen molar-refractivity contribution < 1.29 is 14.7 Å². The Bertz CT molecular complexity index is 1610. The van der Waals surface area contributed by atoms with Gasteiger partial charge in [0.15, 0.2) is 0 Å². The zero-order chi connectivity index (χ0) is 32.4. The molecule has 3 atom stereocenters. The van der Waals surface area contributed by atoms with E-state index in [1.54, 1.807) is 21.7 Å². The number of anilines is 1. The molecular weight excluding hydrogens is 596 g/mol. The Morgan fingerprint density at radius 1 is 1.11 bits per heavy atom. The van der Waals surface area contributed by atoms with Gasteiger partial charge < -0.3 is 25.2 Å². The number of carbonyl (C=O) groups is 2. The Hall–Kier alpha value is -3.27. The van der Waals surface area contributed by atoms with Gasteiger partial charge in [0.25, 0.3) is 11.5 Å². The van der Waals surface area contributed by atoms with Gasteiger partial charge >= 0.3 is 0 Å². The number of nitrogens with one attached hydrogen (secondary N) is 2. The molecule has 6 rings (SSSR count). The molecule has 3 heterocycles. The van der Waals surface area contributed by atoms with Crippen molar-refractivity contribution in [3.63, 3.8) is 0 Å². The number of aromatic nitrogens is 1. The topological polar surface area (TPSA) is 104 Å². The highest BCUT2D eigenvalue weighted by atomic mass is 32.1. The van der Waals surface area contributed by atoms with Gasteiger partial charge in [-0.05, 0) is 73.6 Å². The Balaban J connectivity index is 1.25. The summed E-state index contributed by atoms with van der Waals surface area (Å²) < 4.78 is 1.68. The summed E-state index contributed by atoms with van der Waals surface area (Å²) in [5.74, 6) is -0.437. The zero-order valence-electron chi connectivity index (χ0n) is 27.4. The summed E-state index contributed by atoms with van der Waals surface area (Å²) in [5, 5.41) is 18.5. The highest BCUT2D eigenvalue weighted by Crippen LogP contribution is 2.44. The number of aliphatic hydroxyl groups is 1. The molecule has 3 N–H and O–H groups in total.